The van der Waals surface area contributed by atoms with Crippen LogP contribution in [0.5, 0.6) is 0 Å². The average Bonchev–Trinajstić information content (AvgIpc) is 3.60. The Morgan fingerprint density at radius 3 is 1.90 bits per heavy atom. The van der Waals surface area contributed by atoms with E-state index in [4.69, 9.17) is 9.41 Å². The van der Waals surface area contributed by atoms with E-state index < -0.39 is 0 Å². The largest absolute Gasteiger partial charge is 0.455 e. The molecule has 0 saturated heterocycles. The molecule has 4 heteroatoms. The number of amidine groups is 1. The van der Waals surface area contributed by atoms with E-state index >= 15 is 0 Å². The first-order valence-corrected chi connectivity index (χ1v) is 17.4. The Labute approximate surface area is 295 Å². The molecule has 51 heavy (non-hydrogen) atoms. The fourth-order valence-electron chi connectivity index (χ4n) is 7.64. The molecule has 0 bridgehead atoms. The minimum absolute atomic E-state index is 0.136. The van der Waals surface area contributed by atoms with Gasteiger partial charge in [0.25, 0.3) is 0 Å². The highest BCUT2D eigenvalue weighted by Gasteiger charge is 2.27. The Bertz CT molecular complexity index is 2740. The fraction of sp³-hybridized carbons (Fsp3) is 0.0426. The van der Waals surface area contributed by atoms with E-state index in [2.05, 4.69) is 174 Å². The van der Waals surface area contributed by atoms with Gasteiger partial charge in [-0.3, -0.25) is 5.32 Å². The topological polar surface area (TPSA) is 49.6 Å². The van der Waals surface area contributed by atoms with Gasteiger partial charge in [-0.05, 0) is 67.7 Å². The van der Waals surface area contributed by atoms with Crippen LogP contribution in [0, 0.1) is 0 Å². The number of rotatable bonds is 5. The van der Waals surface area contributed by atoms with Gasteiger partial charge in [0, 0.05) is 21.7 Å². The van der Waals surface area contributed by atoms with Crippen LogP contribution in [0.1, 0.15) is 29.0 Å². The van der Waals surface area contributed by atoms with Crippen molar-refractivity contribution in [3.63, 3.8) is 0 Å². The van der Waals surface area contributed by atoms with E-state index in [1.54, 1.807) is 0 Å². The van der Waals surface area contributed by atoms with E-state index in [-0.39, 0.29) is 12.3 Å². The predicted octanol–water partition coefficient (Wildman–Crippen LogP) is 11.6. The second-order valence-corrected chi connectivity index (χ2v) is 13.2. The molecule has 0 radical (unpaired) electrons. The van der Waals surface area contributed by atoms with Crippen LogP contribution < -0.4 is 10.6 Å². The highest BCUT2D eigenvalue weighted by molar-refractivity contribution is 6.19. The number of fused-ring (bicyclic) bond motifs is 6. The third-order valence-electron chi connectivity index (χ3n) is 10.1. The number of nitrogens with one attached hydrogen (secondary N) is 2. The molecule has 2 unspecified atom stereocenters. The van der Waals surface area contributed by atoms with Crippen molar-refractivity contribution in [2.75, 3.05) is 0 Å². The van der Waals surface area contributed by atoms with Crippen LogP contribution in [-0.2, 0) is 0 Å². The molecule has 1 aliphatic rings. The quantitative estimate of drug-likeness (QED) is 0.194. The lowest BCUT2D eigenvalue weighted by atomic mass is 9.93. The van der Waals surface area contributed by atoms with Crippen molar-refractivity contribution in [1.82, 2.24) is 10.6 Å². The first-order chi connectivity index (χ1) is 25.3. The zero-order valence-electron chi connectivity index (χ0n) is 27.8. The zero-order chi connectivity index (χ0) is 33.7. The summed E-state index contributed by atoms with van der Waals surface area (Å²) in [6.45, 7) is 0. The molecule has 4 nitrogen and oxygen atoms in total. The molecule has 2 heterocycles. The second-order valence-electron chi connectivity index (χ2n) is 13.2. The molecule has 2 atom stereocenters. The number of aliphatic imine (C=N–C) groups is 1. The highest BCUT2D eigenvalue weighted by atomic mass is 16.3. The van der Waals surface area contributed by atoms with Gasteiger partial charge in [0.15, 0.2) is 0 Å². The van der Waals surface area contributed by atoms with Gasteiger partial charge in [-0.15, -0.1) is 0 Å². The van der Waals surface area contributed by atoms with Crippen molar-refractivity contribution in [3.8, 4) is 22.3 Å². The fourth-order valence-corrected chi connectivity index (χ4v) is 7.64. The lowest BCUT2D eigenvalue weighted by molar-refractivity contribution is 0.409. The summed E-state index contributed by atoms with van der Waals surface area (Å²) in [6.07, 6.45) is -0.461. The summed E-state index contributed by atoms with van der Waals surface area (Å²) in [4.78, 5) is 5.28. The van der Waals surface area contributed by atoms with Crippen LogP contribution in [0.2, 0.25) is 0 Å². The summed E-state index contributed by atoms with van der Waals surface area (Å²) in [5.74, 6) is 0.852. The van der Waals surface area contributed by atoms with E-state index in [0.29, 0.717) is 0 Å². The van der Waals surface area contributed by atoms with Crippen molar-refractivity contribution in [2.45, 2.75) is 12.3 Å². The molecular formula is C47H33N3O. The third-order valence-corrected chi connectivity index (χ3v) is 10.1. The molecule has 1 aromatic heterocycles. The van der Waals surface area contributed by atoms with Crippen molar-refractivity contribution in [2.24, 2.45) is 4.99 Å². The van der Waals surface area contributed by atoms with Gasteiger partial charge in [-0.2, -0.15) is 0 Å². The molecule has 0 amide bonds. The smallest absolute Gasteiger partial charge is 0.143 e. The Morgan fingerprint density at radius 1 is 0.471 bits per heavy atom. The van der Waals surface area contributed by atoms with Crippen LogP contribution in [-0.4, -0.2) is 5.84 Å². The molecule has 1 aliphatic heterocycles. The van der Waals surface area contributed by atoms with Crippen LogP contribution in [0.4, 0.5) is 0 Å². The minimum Gasteiger partial charge on any atom is -0.455 e. The lowest BCUT2D eigenvalue weighted by Gasteiger charge is -2.32. The van der Waals surface area contributed by atoms with Crippen molar-refractivity contribution < 1.29 is 4.42 Å². The molecule has 10 rings (SSSR count). The Morgan fingerprint density at radius 2 is 1.12 bits per heavy atom. The molecular weight excluding hydrogens is 623 g/mol. The Hall–Kier alpha value is -6.49. The molecule has 0 aliphatic carbocycles. The van der Waals surface area contributed by atoms with E-state index in [1.165, 1.54) is 21.9 Å². The molecule has 242 valence electrons. The van der Waals surface area contributed by atoms with E-state index in [9.17, 15) is 0 Å². The minimum atomic E-state index is -0.324. The van der Waals surface area contributed by atoms with Crippen LogP contribution in [0.25, 0.3) is 65.7 Å². The maximum atomic E-state index is 6.83. The number of nitrogens with zero attached hydrogens (tertiary/aromatic N) is 1. The number of benzene rings is 8. The van der Waals surface area contributed by atoms with Crippen molar-refractivity contribution in [1.29, 1.82) is 0 Å². The first kappa shape index (κ1) is 29.4. The monoisotopic (exact) mass is 655 g/mol. The second kappa shape index (κ2) is 12.1. The van der Waals surface area contributed by atoms with Gasteiger partial charge < -0.3 is 9.73 Å². The predicted molar refractivity (Wildman–Crippen MR) is 211 cm³/mol. The lowest BCUT2D eigenvalue weighted by Crippen LogP contribution is -2.44. The van der Waals surface area contributed by atoms with E-state index in [0.717, 1.165) is 66.4 Å². The third kappa shape index (κ3) is 5.16. The Balaban J connectivity index is 1.17. The van der Waals surface area contributed by atoms with Crippen LogP contribution in [0.15, 0.2) is 185 Å². The van der Waals surface area contributed by atoms with Crippen molar-refractivity contribution in [3.05, 3.63) is 193 Å². The van der Waals surface area contributed by atoms with Gasteiger partial charge in [-0.25, -0.2) is 4.99 Å². The van der Waals surface area contributed by atoms with Gasteiger partial charge in [0.05, 0.1) is 0 Å². The molecule has 0 saturated carbocycles. The normalized spacial score (nSPS) is 16.0. The standard InChI is InChI=1S/C47H33N3O/c1-3-14-34(15-4-1)45-48-46(35-16-5-2-6-17-35)50-47(49-45)36-28-41(43-40-27-26-31-13-8-10-20-39(31)44(40)51-42(43)29-36)33-24-22-32(23-25-33)38-21-11-18-30-12-7-9-19-37(30)38/h1-29,45,47,49H,(H,48,50). The molecule has 9 aromatic rings. The van der Waals surface area contributed by atoms with Gasteiger partial charge in [0.2, 0.25) is 0 Å². The highest BCUT2D eigenvalue weighted by Crippen LogP contribution is 2.42. The van der Waals surface area contributed by atoms with Gasteiger partial charge in [-0.1, -0.05) is 158 Å². The summed E-state index contributed by atoms with van der Waals surface area (Å²) < 4.78 is 6.83. The zero-order valence-corrected chi connectivity index (χ0v) is 27.8. The van der Waals surface area contributed by atoms with E-state index in [1.807, 2.05) is 12.1 Å². The van der Waals surface area contributed by atoms with Crippen LogP contribution in [0.3, 0.4) is 0 Å². The first-order valence-electron chi connectivity index (χ1n) is 17.4. The molecule has 8 aromatic carbocycles. The Kier molecular flexibility index (Phi) is 7.00. The van der Waals surface area contributed by atoms with Gasteiger partial charge in [0.1, 0.15) is 29.3 Å². The maximum Gasteiger partial charge on any atom is 0.143 e. The summed E-state index contributed by atoms with van der Waals surface area (Å²) >= 11 is 0. The molecule has 0 spiro atoms. The summed E-state index contributed by atoms with van der Waals surface area (Å²) in [5.41, 5.74) is 9.65. The van der Waals surface area contributed by atoms with Gasteiger partial charge >= 0.3 is 0 Å². The van der Waals surface area contributed by atoms with Crippen molar-refractivity contribution >= 4 is 49.3 Å². The molecule has 2 N–H and O–H groups in total. The molecule has 0 fully saturated rings. The average molecular weight is 656 g/mol. The summed E-state index contributed by atoms with van der Waals surface area (Å²) in [7, 11) is 0. The summed E-state index contributed by atoms with van der Waals surface area (Å²) in [5, 5.41) is 14.4. The number of hydrogen-bond donors (Lipinski definition) is 2. The number of furan rings is 1. The maximum absolute atomic E-state index is 6.83. The number of hydrogen-bond acceptors (Lipinski definition) is 4. The van der Waals surface area contributed by atoms with Crippen LogP contribution >= 0.6 is 0 Å². The summed E-state index contributed by atoms with van der Waals surface area (Å²) in [6, 6.07) is 62.2. The SMILES string of the molecule is c1ccc(C2=NC(c3cc(-c4ccc(-c5cccc6ccccc56)cc4)c4c(c3)oc3c5ccccc5ccc34)NC(c3ccccc3)N2)cc1.